The molecule has 2 aromatic carbocycles. The van der Waals surface area contributed by atoms with Gasteiger partial charge in [-0.25, -0.2) is 0 Å². The van der Waals surface area contributed by atoms with Crippen molar-refractivity contribution in [1.29, 1.82) is 0 Å². The van der Waals surface area contributed by atoms with Gasteiger partial charge >= 0.3 is 0 Å². The molecular weight excluding hydrogens is 283 g/mol. The van der Waals surface area contributed by atoms with E-state index in [1.54, 1.807) is 10.6 Å². The van der Waals surface area contributed by atoms with Crippen LogP contribution in [0.2, 0.25) is 0 Å². The third-order valence-corrected chi connectivity index (χ3v) is 7.85. The molecule has 1 saturated carbocycles. The zero-order chi connectivity index (χ0) is 15.4. The van der Waals surface area contributed by atoms with Gasteiger partial charge in [0.15, 0.2) is 0 Å². The maximum absolute atomic E-state index is 2.38. The Morgan fingerprint density at radius 1 is 0.864 bits per heavy atom. The molecule has 1 unspecified atom stereocenters. The van der Waals surface area contributed by atoms with Crippen molar-refractivity contribution in [1.82, 2.24) is 0 Å². The van der Waals surface area contributed by atoms with Crippen LogP contribution in [0.3, 0.4) is 0 Å². The van der Waals surface area contributed by atoms with Gasteiger partial charge in [0.2, 0.25) is 0 Å². The first-order chi connectivity index (χ1) is 10.8. The second kappa shape index (κ2) is 7.42. The Hall–Kier alpha value is -1.13. The van der Waals surface area contributed by atoms with Crippen LogP contribution in [-0.2, 0) is 0 Å². The Morgan fingerprint density at radius 2 is 1.41 bits per heavy atom. The van der Waals surface area contributed by atoms with Gasteiger partial charge in [-0.05, 0) is 55.3 Å². The van der Waals surface area contributed by atoms with Gasteiger partial charge in [0.25, 0.3) is 0 Å². The Labute approximate surface area is 136 Å². The lowest BCUT2D eigenvalue weighted by Gasteiger charge is -2.31. The van der Waals surface area contributed by atoms with Gasteiger partial charge in [-0.1, -0.05) is 80.9 Å². The molecule has 0 N–H and O–H groups in total. The van der Waals surface area contributed by atoms with Crippen LogP contribution in [0, 0.1) is 11.8 Å². The Morgan fingerprint density at radius 3 is 1.91 bits per heavy atom. The average molecular weight is 310 g/mol. The van der Waals surface area contributed by atoms with E-state index in [2.05, 4.69) is 74.5 Å². The topological polar surface area (TPSA) is 0 Å². The predicted octanol–water partition coefficient (Wildman–Crippen LogP) is 5.33. The molecule has 0 aliphatic heterocycles. The standard InChI is InChI=1S/C21H27P/c1-17(2)16-18-10-9-15-21(18)22(19-11-5-3-6-12-19)20-13-7-4-8-14-20/h3-8,11-14,17-18,21H,9-10,15-16H2,1-2H3/t18?,21-/m1/s1. The summed E-state index contributed by atoms with van der Waals surface area (Å²) in [5.74, 6) is 1.72. The van der Waals surface area contributed by atoms with E-state index < -0.39 is 0 Å². The van der Waals surface area contributed by atoms with Gasteiger partial charge in [0.1, 0.15) is 0 Å². The van der Waals surface area contributed by atoms with E-state index in [4.69, 9.17) is 0 Å². The van der Waals surface area contributed by atoms with Crippen LogP contribution in [0.4, 0.5) is 0 Å². The second-order valence-electron chi connectivity index (χ2n) is 6.93. The number of hydrogen-bond donors (Lipinski definition) is 0. The van der Waals surface area contributed by atoms with Crippen LogP contribution in [0.25, 0.3) is 0 Å². The monoisotopic (exact) mass is 310 g/mol. The first-order valence-electron chi connectivity index (χ1n) is 8.65. The fraction of sp³-hybridized carbons (Fsp3) is 0.429. The first-order valence-corrected chi connectivity index (χ1v) is 10.1. The van der Waals surface area contributed by atoms with Crippen molar-refractivity contribution in [2.75, 3.05) is 0 Å². The highest BCUT2D eigenvalue weighted by Gasteiger charge is 2.35. The van der Waals surface area contributed by atoms with E-state index in [1.165, 1.54) is 25.7 Å². The molecule has 0 heterocycles. The van der Waals surface area contributed by atoms with Crippen LogP contribution >= 0.6 is 7.92 Å². The van der Waals surface area contributed by atoms with Gasteiger partial charge in [0.05, 0.1) is 0 Å². The molecule has 1 heteroatoms. The molecule has 0 radical (unpaired) electrons. The number of hydrogen-bond acceptors (Lipinski definition) is 0. The lowest BCUT2D eigenvalue weighted by Crippen LogP contribution is -2.25. The van der Waals surface area contributed by atoms with Crippen molar-refractivity contribution in [3.05, 3.63) is 60.7 Å². The molecule has 2 aromatic rings. The summed E-state index contributed by atoms with van der Waals surface area (Å²) in [4.78, 5) is 0. The number of rotatable bonds is 5. The van der Waals surface area contributed by atoms with Crippen LogP contribution in [-0.4, -0.2) is 5.66 Å². The summed E-state index contributed by atoms with van der Waals surface area (Å²) in [6.45, 7) is 4.76. The zero-order valence-corrected chi connectivity index (χ0v) is 14.7. The normalized spacial score (nSPS) is 21.6. The van der Waals surface area contributed by atoms with Gasteiger partial charge < -0.3 is 0 Å². The highest BCUT2D eigenvalue weighted by atomic mass is 31.1. The quantitative estimate of drug-likeness (QED) is 0.654. The molecule has 22 heavy (non-hydrogen) atoms. The van der Waals surface area contributed by atoms with Crippen LogP contribution < -0.4 is 10.6 Å². The fourth-order valence-electron chi connectivity index (χ4n) is 3.95. The molecule has 116 valence electrons. The SMILES string of the molecule is CC(C)CC1CCC[C@H]1P(c1ccccc1)c1ccccc1. The van der Waals surface area contributed by atoms with Crippen molar-refractivity contribution >= 4 is 18.5 Å². The molecule has 0 saturated heterocycles. The molecule has 0 aromatic heterocycles. The highest BCUT2D eigenvalue weighted by Crippen LogP contribution is 2.51. The molecule has 0 nitrogen and oxygen atoms in total. The highest BCUT2D eigenvalue weighted by molar-refractivity contribution is 7.73. The summed E-state index contributed by atoms with van der Waals surface area (Å²) in [5.41, 5.74) is 0.863. The molecule has 0 spiro atoms. The molecule has 0 bridgehead atoms. The largest absolute Gasteiger partial charge is 0.0628 e. The minimum Gasteiger partial charge on any atom is -0.0628 e. The van der Waals surface area contributed by atoms with Crippen molar-refractivity contribution < 1.29 is 0 Å². The maximum atomic E-state index is 2.38. The van der Waals surface area contributed by atoms with E-state index in [0.29, 0.717) is 0 Å². The average Bonchev–Trinajstić information content (AvgIpc) is 2.97. The Balaban J connectivity index is 1.95. The molecular formula is C21H27P. The van der Waals surface area contributed by atoms with Crippen LogP contribution in [0.1, 0.15) is 39.5 Å². The first kappa shape index (κ1) is 15.8. The summed E-state index contributed by atoms with van der Waals surface area (Å²) in [7, 11) is -0.222. The maximum Gasteiger partial charge on any atom is -0.0100 e. The summed E-state index contributed by atoms with van der Waals surface area (Å²) in [5, 5.41) is 3.12. The van der Waals surface area contributed by atoms with E-state index >= 15 is 0 Å². The van der Waals surface area contributed by atoms with Crippen LogP contribution in [0.5, 0.6) is 0 Å². The van der Waals surface area contributed by atoms with E-state index in [9.17, 15) is 0 Å². The van der Waals surface area contributed by atoms with Gasteiger partial charge in [0, 0.05) is 0 Å². The van der Waals surface area contributed by atoms with Crippen molar-refractivity contribution in [2.24, 2.45) is 11.8 Å². The summed E-state index contributed by atoms with van der Waals surface area (Å²) in [6.07, 6.45) is 5.65. The molecule has 2 atom stereocenters. The third kappa shape index (κ3) is 3.61. The molecule has 1 aliphatic rings. The zero-order valence-electron chi connectivity index (χ0n) is 13.8. The summed E-state index contributed by atoms with van der Waals surface area (Å²) in [6, 6.07) is 22.5. The molecule has 1 fully saturated rings. The molecule has 1 aliphatic carbocycles. The van der Waals surface area contributed by atoms with Crippen molar-refractivity contribution in [3.8, 4) is 0 Å². The minimum atomic E-state index is -0.222. The van der Waals surface area contributed by atoms with Crippen molar-refractivity contribution in [2.45, 2.75) is 45.2 Å². The Bertz CT molecular complexity index is 521. The van der Waals surface area contributed by atoms with E-state index in [1.807, 2.05) is 0 Å². The molecule has 0 amide bonds. The molecule has 3 rings (SSSR count). The van der Waals surface area contributed by atoms with E-state index in [0.717, 1.165) is 17.5 Å². The predicted molar refractivity (Wildman–Crippen MR) is 99.7 cm³/mol. The smallest absolute Gasteiger partial charge is 0.0100 e. The third-order valence-electron chi connectivity index (χ3n) is 4.79. The number of benzene rings is 2. The second-order valence-corrected chi connectivity index (χ2v) is 9.37. The minimum absolute atomic E-state index is 0.222. The van der Waals surface area contributed by atoms with Gasteiger partial charge in [-0.15, -0.1) is 0 Å². The lowest BCUT2D eigenvalue weighted by molar-refractivity contribution is 0.424. The lowest BCUT2D eigenvalue weighted by atomic mass is 9.96. The van der Waals surface area contributed by atoms with Crippen molar-refractivity contribution in [3.63, 3.8) is 0 Å². The van der Waals surface area contributed by atoms with Crippen LogP contribution in [0.15, 0.2) is 60.7 Å². The summed E-state index contributed by atoms with van der Waals surface area (Å²) < 4.78 is 0. The van der Waals surface area contributed by atoms with E-state index in [-0.39, 0.29) is 7.92 Å². The fourth-order valence-corrected chi connectivity index (χ4v) is 7.13. The summed E-state index contributed by atoms with van der Waals surface area (Å²) >= 11 is 0. The van der Waals surface area contributed by atoms with Gasteiger partial charge in [-0.2, -0.15) is 0 Å². The van der Waals surface area contributed by atoms with Gasteiger partial charge in [-0.3, -0.25) is 0 Å². The Kier molecular flexibility index (Phi) is 5.32.